The van der Waals surface area contributed by atoms with Gasteiger partial charge in [0.1, 0.15) is 23.9 Å². The van der Waals surface area contributed by atoms with Crippen molar-refractivity contribution >= 4 is 11.6 Å². The van der Waals surface area contributed by atoms with Crippen molar-refractivity contribution in [3.63, 3.8) is 0 Å². The van der Waals surface area contributed by atoms with Crippen molar-refractivity contribution in [2.24, 2.45) is 0 Å². The van der Waals surface area contributed by atoms with Crippen LogP contribution in [-0.2, 0) is 11.3 Å². The number of rotatable bonds is 5. The van der Waals surface area contributed by atoms with Gasteiger partial charge in [-0.1, -0.05) is 13.8 Å². The minimum absolute atomic E-state index is 0.0638. The second-order valence-corrected chi connectivity index (χ2v) is 7.74. The van der Waals surface area contributed by atoms with Gasteiger partial charge in [0.2, 0.25) is 5.91 Å². The van der Waals surface area contributed by atoms with Crippen LogP contribution in [0.25, 0.3) is 28.0 Å². The average molecular weight is 406 g/mol. The van der Waals surface area contributed by atoms with Crippen LogP contribution in [0, 0.1) is 5.82 Å². The Morgan fingerprint density at radius 1 is 1.03 bits per heavy atom. The van der Waals surface area contributed by atoms with Crippen LogP contribution < -0.4 is 0 Å². The Hall–Kier alpha value is -3.55. The third kappa shape index (κ3) is 3.68. The minimum Gasteiger partial charge on any atom is -0.347 e. The summed E-state index contributed by atoms with van der Waals surface area (Å²) in [5, 5.41) is 13.2. The number of pyridine rings is 1. The summed E-state index contributed by atoms with van der Waals surface area (Å²) >= 11 is 0. The number of aromatic nitrogens is 5. The average Bonchev–Trinajstić information content (AvgIpc) is 3.32. The predicted molar refractivity (Wildman–Crippen MR) is 112 cm³/mol. The number of fused-ring (bicyclic) bond motifs is 1. The lowest BCUT2D eigenvalue weighted by atomic mass is 10.0. The van der Waals surface area contributed by atoms with Crippen LogP contribution in [-0.4, -0.2) is 49.3 Å². The number of likely N-dealkylation sites (N-methyl/N-ethyl adjacent to an activating group) is 1. The molecular weight excluding hydrogens is 383 g/mol. The predicted octanol–water partition coefficient (Wildman–Crippen LogP) is 3.61. The van der Waals surface area contributed by atoms with E-state index in [2.05, 4.69) is 29.1 Å². The number of hydrogen-bond acceptors (Lipinski definition) is 4. The maximum Gasteiger partial charge on any atom is 0.243 e. The number of carbonyl (C=O) groups is 1. The van der Waals surface area contributed by atoms with E-state index in [1.165, 1.54) is 17.0 Å². The zero-order valence-electron chi connectivity index (χ0n) is 17.4. The van der Waals surface area contributed by atoms with E-state index in [9.17, 15) is 9.18 Å². The molecule has 0 fully saturated rings. The van der Waals surface area contributed by atoms with Crippen molar-refractivity contribution in [3.05, 3.63) is 60.4 Å². The monoisotopic (exact) mass is 406 g/mol. The first kappa shape index (κ1) is 19.8. The Balaban J connectivity index is 1.85. The molecule has 0 radical (unpaired) electrons. The summed E-state index contributed by atoms with van der Waals surface area (Å²) in [5.41, 5.74) is 3.97. The molecule has 154 valence electrons. The number of hydrogen-bond donors (Lipinski definition) is 0. The van der Waals surface area contributed by atoms with Gasteiger partial charge in [-0.2, -0.15) is 5.10 Å². The van der Waals surface area contributed by atoms with Crippen LogP contribution in [0.2, 0.25) is 0 Å². The van der Waals surface area contributed by atoms with E-state index >= 15 is 0 Å². The summed E-state index contributed by atoms with van der Waals surface area (Å²) in [7, 11) is 3.42. The molecule has 0 aliphatic heterocycles. The molecule has 7 nitrogen and oxygen atoms in total. The van der Waals surface area contributed by atoms with Crippen molar-refractivity contribution in [2.45, 2.75) is 26.3 Å². The van der Waals surface area contributed by atoms with E-state index in [1.54, 1.807) is 30.9 Å². The van der Waals surface area contributed by atoms with E-state index in [0.717, 1.165) is 28.2 Å². The Labute approximate surface area is 173 Å². The van der Waals surface area contributed by atoms with Crippen LogP contribution >= 0.6 is 0 Å². The van der Waals surface area contributed by atoms with Gasteiger partial charge in [-0.15, -0.1) is 10.2 Å². The maximum absolute atomic E-state index is 13.5. The number of halogens is 1. The molecule has 0 bridgehead atoms. The van der Waals surface area contributed by atoms with Gasteiger partial charge in [-0.05, 0) is 36.4 Å². The first-order valence-electron chi connectivity index (χ1n) is 9.72. The van der Waals surface area contributed by atoms with Crippen LogP contribution in [0.4, 0.5) is 4.39 Å². The van der Waals surface area contributed by atoms with E-state index in [0.29, 0.717) is 5.69 Å². The fourth-order valence-electron chi connectivity index (χ4n) is 3.28. The number of nitrogens with zero attached hydrogens (tertiary/aromatic N) is 6. The highest BCUT2D eigenvalue weighted by molar-refractivity contribution is 5.81. The standard InChI is InChI=1S/C22H23FN6O/c1-14(2)22-25-24-19-10-7-16(11-29(19)22)18-12-28(13-20(30)27(3)4)26-21(18)15-5-8-17(23)9-6-15/h5-12,14H,13H2,1-4H3. The largest absolute Gasteiger partial charge is 0.347 e. The van der Waals surface area contributed by atoms with Crippen LogP contribution in [0.15, 0.2) is 48.8 Å². The Kier molecular flexibility index (Phi) is 5.07. The molecule has 0 unspecified atom stereocenters. The second-order valence-electron chi connectivity index (χ2n) is 7.74. The molecule has 3 heterocycles. The first-order valence-corrected chi connectivity index (χ1v) is 9.72. The lowest BCUT2D eigenvalue weighted by Crippen LogP contribution is -2.26. The van der Waals surface area contributed by atoms with Gasteiger partial charge in [0.25, 0.3) is 0 Å². The fraction of sp³-hybridized carbons (Fsp3) is 0.273. The third-order valence-electron chi connectivity index (χ3n) is 4.93. The van der Waals surface area contributed by atoms with Gasteiger partial charge in [-0.25, -0.2) is 4.39 Å². The Bertz CT molecular complexity index is 1210. The summed E-state index contributed by atoms with van der Waals surface area (Å²) in [5.74, 6) is 0.707. The molecule has 8 heteroatoms. The van der Waals surface area contributed by atoms with Gasteiger partial charge in [-0.3, -0.25) is 13.9 Å². The lowest BCUT2D eigenvalue weighted by molar-refractivity contribution is -0.129. The van der Waals surface area contributed by atoms with Crippen molar-refractivity contribution in [2.75, 3.05) is 14.1 Å². The van der Waals surface area contributed by atoms with Crippen LogP contribution in [0.1, 0.15) is 25.6 Å². The molecule has 1 amide bonds. The first-order chi connectivity index (χ1) is 14.3. The van der Waals surface area contributed by atoms with Crippen LogP contribution in [0.5, 0.6) is 0 Å². The minimum atomic E-state index is -0.310. The van der Waals surface area contributed by atoms with Gasteiger partial charge in [0, 0.05) is 49.1 Å². The molecule has 0 atom stereocenters. The normalized spacial score (nSPS) is 11.4. The highest BCUT2D eigenvalue weighted by Crippen LogP contribution is 2.32. The van der Waals surface area contributed by atoms with Gasteiger partial charge in [0.15, 0.2) is 5.65 Å². The molecule has 0 aliphatic rings. The number of carbonyl (C=O) groups excluding carboxylic acids is 1. The molecule has 30 heavy (non-hydrogen) atoms. The quantitative estimate of drug-likeness (QED) is 0.508. The molecule has 0 spiro atoms. The highest BCUT2D eigenvalue weighted by Gasteiger charge is 2.17. The van der Waals surface area contributed by atoms with E-state index in [1.807, 2.05) is 28.9 Å². The van der Waals surface area contributed by atoms with Gasteiger partial charge < -0.3 is 4.90 Å². The molecule has 0 aliphatic carbocycles. The fourth-order valence-corrected chi connectivity index (χ4v) is 3.28. The highest BCUT2D eigenvalue weighted by atomic mass is 19.1. The van der Waals surface area contributed by atoms with Gasteiger partial charge in [0.05, 0.1) is 0 Å². The Morgan fingerprint density at radius 2 is 1.73 bits per heavy atom. The zero-order valence-corrected chi connectivity index (χ0v) is 17.4. The van der Waals surface area contributed by atoms with Crippen molar-refractivity contribution < 1.29 is 9.18 Å². The molecule has 0 N–H and O–H groups in total. The maximum atomic E-state index is 13.5. The molecule has 4 aromatic rings. The van der Waals surface area contributed by atoms with E-state index in [-0.39, 0.29) is 24.2 Å². The topological polar surface area (TPSA) is 68.3 Å². The summed E-state index contributed by atoms with van der Waals surface area (Å²) in [4.78, 5) is 13.7. The molecular formula is C22H23FN6O. The summed E-state index contributed by atoms with van der Waals surface area (Å²) in [6.07, 6.45) is 3.83. The molecule has 0 saturated heterocycles. The van der Waals surface area contributed by atoms with Crippen molar-refractivity contribution in [3.8, 4) is 22.4 Å². The van der Waals surface area contributed by atoms with Crippen molar-refractivity contribution in [1.82, 2.24) is 29.3 Å². The SMILES string of the molecule is CC(C)c1nnc2ccc(-c3cn(CC(=O)N(C)C)nc3-c3ccc(F)cc3)cn12. The second kappa shape index (κ2) is 7.70. The van der Waals surface area contributed by atoms with E-state index in [4.69, 9.17) is 0 Å². The number of amides is 1. The summed E-state index contributed by atoms with van der Waals surface area (Å²) in [6, 6.07) is 10.1. The van der Waals surface area contributed by atoms with Crippen LogP contribution in [0.3, 0.4) is 0 Å². The molecule has 3 aromatic heterocycles. The Morgan fingerprint density at radius 3 is 2.40 bits per heavy atom. The van der Waals surface area contributed by atoms with E-state index < -0.39 is 0 Å². The summed E-state index contributed by atoms with van der Waals surface area (Å²) in [6.45, 7) is 4.25. The molecule has 1 aromatic carbocycles. The van der Waals surface area contributed by atoms with Crippen molar-refractivity contribution in [1.29, 1.82) is 0 Å². The summed E-state index contributed by atoms with van der Waals surface area (Å²) < 4.78 is 17.0. The van der Waals surface area contributed by atoms with Gasteiger partial charge >= 0.3 is 0 Å². The number of benzene rings is 1. The molecule has 0 saturated carbocycles. The third-order valence-corrected chi connectivity index (χ3v) is 4.93. The zero-order chi connectivity index (χ0) is 21.4. The molecule has 4 rings (SSSR count). The smallest absolute Gasteiger partial charge is 0.243 e. The lowest BCUT2D eigenvalue weighted by Gasteiger charge is -2.09.